The summed E-state index contributed by atoms with van der Waals surface area (Å²) in [5.74, 6) is -4.35. The molecule has 0 bridgehead atoms. The monoisotopic (exact) mass is 826 g/mol. The molecule has 2 aromatic carbocycles. The lowest BCUT2D eigenvalue weighted by Gasteiger charge is -2.32. The molecule has 1 aliphatic carbocycles. The molecule has 3 rings (SSSR count). The van der Waals surface area contributed by atoms with Crippen LogP contribution < -0.4 is 4.74 Å². The van der Waals surface area contributed by atoms with Gasteiger partial charge in [-0.2, -0.15) is 0 Å². The molecular weight excluding hydrogens is 767 g/mol. The minimum Gasteiger partial charge on any atom is -0.492 e. The first kappa shape index (κ1) is 48.3. The van der Waals surface area contributed by atoms with Crippen molar-refractivity contribution in [3.8, 4) is 16.9 Å². The fraction of sp³-hybridized carbons (Fsp3) is 0.533. The van der Waals surface area contributed by atoms with Crippen LogP contribution in [0.1, 0.15) is 95.6 Å². The van der Waals surface area contributed by atoms with Gasteiger partial charge in [-0.3, -0.25) is 0 Å². The minimum atomic E-state index is -1.97. The third kappa shape index (κ3) is 15.2. The SMILES string of the molecule is C=C(C)C(=O)OCCCc1cc(-c2ccc(C3CCC(CCCCC)CC3)cc2F)ccc1OCC(COC(=O)C(=C)C)(COC(=O)C(=O)OC)COC(=O)C(O)OC. The molecule has 2 aromatic rings. The van der Waals surface area contributed by atoms with Crippen molar-refractivity contribution in [2.45, 2.75) is 97.2 Å². The first-order chi connectivity index (χ1) is 28.1. The van der Waals surface area contributed by atoms with Gasteiger partial charge in [0.25, 0.3) is 6.29 Å². The highest BCUT2D eigenvalue weighted by molar-refractivity contribution is 6.29. The van der Waals surface area contributed by atoms with Crippen molar-refractivity contribution in [1.29, 1.82) is 0 Å². The number of rotatable bonds is 23. The second kappa shape index (κ2) is 24.1. The molecule has 1 saturated carbocycles. The Labute approximate surface area is 346 Å². The molecular formula is C45H59FO13. The van der Waals surface area contributed by atoms with Gasteiger partial charge in [0.1, 0.15) is 43.4 Å². The summed E-state index contributed by atoms with van der Waals surface area (Å²) in [4.78, 5) is 61.4. The van der Waals surface area contributed by atoms with Gasteiger partial charge in [0.2, 0.25) is 0 Å². The second-order valence-electron chi connectivity index (χ2n) is 15.2. The Balaban J connectivity index is 1.96. The number of methoxy groups -OCH3 is 2. The number of ether oxygens (including phenoxy) is 7. The van der Waals surface area contributed by atoms with Crippen LogP contribution in [0.2, 0.25) is 0 Å². The molecule has 0 heterocycles. The van der Waals surface area contributed by atoms with Crippen LogP contribution in [0.15, 0.2) is 60.7 Å². The molecule has 1 aliphatic rings. The van der Waals surface area contributed by atoms with Gasteiger partial charge in [-0.25, -0.2) is 28.4 Å². The number of esters is 5. The Morgan fingerprint density at radius 3 is 2.05 bits per heavy atom. The third-order valence-corrected chi connectivity index (χ3v) is 10.3. The van der Waals surface area contributed by atoms with Crippen LogP contribution in [0.25, 0.3) is 11.1 Å². The van der Waals surface area contributed by atoms with Crippen molar-refractivity contribution in [2.24, 2.45) is 11.3 Å². The molecule has 59 heavy (non-hydrogen) atoms. The molecule has 0 amide bonds. The average molecular weight is 827 g/mol. The van der Waals surface area contributed by atoms with Crippen LogP contribution in [-0.4, -0.2) is 88.5 Å². The van der Waals surface area contributed by atoms with Gasteiger partial charge in [0.05, 0.1) is 13.7 Å². The van der Waals surface area contributed by atoms with Gasteiger partial charge in [-0.1, -0.05) is 64.0 Å². The Hall–Kier alpha value is -5.08. The number of aliphatic hydroxyl groups excluding tert-OH is 1. The lowest BCUT2D eigenvalue weighted by atomic mass is 9.77. The van der Waals surface area contributed by atoms with Crippen LogP contribution in [0.3, 0.4) is 0 Å². The predicted octanol–water partition coefficient (Wildman–Crippen LogP) is 7.11. The van der Waals surface area contributed by atoms with Crippen LogP contribution in [0, 0.1) is 17.2 Å². The molecule has 1 fully saturated rings. The van der Waals surface area contributed by atoms with E-state index < -0.39 is 68.0 Å². The smallest absolute Gasteiger partial charge is 0.417 e. The minimum absolute atomic E-state index is 0.0360. The van der Waals surface area contributed by atoms with Gasteiger partial charge >= 0.3 is 29.8 Å². The normalized spacial score (nSPS) is 16.5. The number of hydrogen-bond acceptors (Lipinski definition) is 13. The average Bonchev–Trinajstić information content (AvgIpc) is 3.23. The van der Waals surface area contributed by atoms with E-state index in [0.717, 1.165) is 51.4 Å². The topological polar surface area (TPSA) is 170 Å². The van der Waals surface area contributed by atoms with Crippen molar-refractivity contribution in [3.05, 3.63) is 77.6 Å². The maximum Gasteiger partial charge on any atom is 0.417 e. The van der Waals surface area contributed by atoms with E-state index in [9.17, 15) is 29.1 Å². The third-order valence-electron chi connectivity index (χ3n) is 10.3. The van der Waals surface area contributed by atoms with Crippen LogP contribution >= 0.6 is 0 Å². The van der Waals surface area contributed by atoms with Crippen LogP contribution in [-0.2, 0) is 58.8 Å². The number of aryl methyl sites for hydroxylation is 1. The number of hydrogen-bond donors (Lipinski definition) is 1. The maximum atomic E-state index is 16.0. The van der Waals surface area contributed by atoms with Crippen molar-refractivity contribution < 1.29 is 66.6 Å². The lowest BCUT2D eigenvalue weighted by Crippen LogP contribution is -2.45. The van der Waals surface area contributed by atoms with E-state index in [1.54, 1.807) is 30.3 Å². The second-order valence-corrected chi connectivity index (χ2v) is 15.2. The highest BCUT2D eigenvalue weighted by Gasteiger charge is 2.39. The van der Waals surface area contributed by atoms with E-state index in [-0.39, 0.29) is 35.7 Å². The van der Waals surface area contributed by atoms with Crippen molar-refractivity contribution in [1.82, 2.24) is 0 Å². The summed E-state index contributed by atoms with van der Waals surface area (Å²) in [6.45, 7) is 9.98. The molecule has 14 heteroatoms. The van der Waals surface area contributed by atoms with Crippen LogP contribution in [0.4, 0.5) is 4.39 Å². The van der Waals surface area contributed by atoms with Crippen molar-refractivity contribution >= 4 is 29.8 Å². The molecule has 2 unspecified atom stereocenters. The Bertz CT molecular complexity index is 1780. The Morgan fingerprint density at radius 2 is 1.44 bits per heavy atom. The van der Waals surface area contributed by atoms with E-state index in [2.05, 4.69) is 29.6 Å². The van der Waals surface area contributed by atoms with E-state index in [1.807, 2.05) is 6.07 Å². The predicted molar refractivity (Wildman–Crippen MR) is 215 cm³/mol. The Kier molecular flexibility index (Phi) is 19.7. The summed E-state index contributed by atoms with van der Waals surface area (Å²) in [5, 5.41) is 9.88. The number of carbonyl (C=O) groups excluding carboxylic acids is 5. The van der Waals surface area contributed by atoms with Crippen LogP contribution in [0.5, 0.6) is 5.75 Å². The van der Waals surface area contributed by atoms with Gasteiger partial charge < -0.3 is 38.3 Å². The molecule has 0 saturated heterocycles. The molecule has 13 nitrogen and oxygen atoms in total. The largest absolute Gasteiger partial charge is 0.492 e. The molecule has 0 aliphatic heterocycles. The molecule has 1 N–H and O–H groups in total. The zero-order valence-electron chi connectivity index (χ0n) is 34.9. The molecule has 324 valence electrons. The van der Waals surface area contributed by atoms with E-state index >= 15 is 4.39 Å². The molecule has 0 aromatic heterocycles. The highest BCUT2D eigenvalue weighted by atomic mass is 19.1. The lowest BCUT2D eigenvalue weighted by molar-refractivity contribution is -0.187. The fourth-order valence-corrected chi connectivity index (χ4v) is 6.70. The first-order valence-electron chi connectivity index (χ1n) is 20.0. The Morgan fingerprint density at radius 1 is 0.797 bits per heavy atom. The van der Waals surface area contributed by atoms with Gasteiger partial charge in [0.15, 0.2) is 0 Å². The molecule has 0 spiro atoms. The van der Waals surface area contributed by atoms with E-state index in [0.29, 0.717) is 29.0 Å². The van der Waals surface area contributed by atoms with Crippen molar-refractivity contribution in [2.75, 3.05) is 47.3 Å². The zero-order valence-corrected chi connectivity index (χ0v) is 34.9. The summed E-state index contributed by atoms with van der Waals surface area (Å²) >= 11 is 0. The summed E-state index contributed by atoms with van der Waals surface area (Å²) in [7, 11) is 2.05. The quantitative estimate of drug-likeness (QED) is 0.0301. The zero-order chi connectivity index (χ0) is 43.5. The summed E-state index contributed by atoms with van der Waals surface area (Å²) in [6, 6.07) is 10.4. The summed E-state index contributed by atoms with van der Waals surface area (Å²) in [5.41, 5.74) is 1.09. The number of aliphatic hydroxyl groups is 1. The summed E-state index contributed by atoms with van der Waals surface area (Å²) < 4.78 is 52.5. The number of unbranched alkanes of at least 4 members (excludes halogenated alkanes) is 2. The standard InChI is InChI=1S/C45H59FO13/c1-8-9-10-12-31-14-16-32(17-15-31)33-18-20-36(37(46)24-33)34-19-21-38(35(23-34)13-11-22-55-39(47)29(2)3)56-25-45(26-57-40(48)30(4)5,27-58-43(51)41(49)53-6)28-59-44(52)42(50)54-7/h18-21,23-24,31-32,41,49H,2,4,8-17,22,25-28H2,1,3,5-7H3. The highest BCUT2D eigenvalue weighted by Crippen LogP contribution is 2.39. The van der Waals surface area contributed by atoms with E-state index in [1.165, 1.54) is 39.5 Å². The van der Waals surface area contributed by atoms with Crippen molar-refractivity contribution in [3.63, 3.8) is 0 Å². The van der Waals surface area contributed by atoms with Gasteiger partial charge in [-0.05, 0) is 99.1 Å². The number of benzene rings is 2. The number of halogens is 1. The summed E-state index contributed by atoms with van der Waals surface area (Å²) in [6.07, 6.45) is 7.99. The maximum absolute atomic E-state index is 16.0. The fourth-order valence-electron chi connectivity index (χ4n) is 6.70. The molecule has 2 atom stereocenters. The van der Waals surface area contributed by atoms with E-state index in [4.69, 9.17) is 23.7 Å². The van der Waals surface area contributed by atoms with Gasteiger partial charge in [0, 0.05) is 23.8 Å². The molecule has 0 radical (unpaired) electrons. The van der Waals surface area contributed by atoms with Gasteiger partial charge in [-0.15, -0.1) is 0 Å². The number of carbonyl (C=O) groups is 5. The first-order valence-corrected chi connectivity index (χ1v) is 20.0.